The second kappa shape index (κ2) is 7.92. The monoisotopic (exact) mass is 284 g/mol. The predicted molar refractivity (Wildman–Crippen MR) is 84.6 cm³/mol. The van der Waals surface area contributed by atoms with E-state index in [1.54, 1.807) is 0 Å². The van der Waals surface area contributed by atoms with E-state index in [-0.39, 0.29) is 6.04 Å². The highest BCUT2D eigenvalue weighted by Gasteiger charge is 2.23. The van der Waals surface area contributed by atoms with Gasteiger partial charge in [-0.25, -0.2) is 4.98 Å². The second-order valence-corrected chi connectivity index (χ2v) is 6.35. The number of likely N-dealkylation sites (N-methyl/N-ethyl adjacent to an activating group) is 1. The summed E-state index contributed by atoms with van der Waals surface area (Å²) in [6, 6.07) is 1.18. The number of hydrogen-bond donors (Lipinski definition) is 1. The Morgan fingerprint density at radius 2 is 2.11 bits per heavy atom. The van der Waals surface area contributed by atoms with Crippen LogP contribution in [0.3, 0.4) is 0 Å². The van der Waals surface area contributed by atoms with E-state index < -0.39 is 0 Å². The first kappa shape index (κ1) is 16.5. The first-order valence-electron chi connectivity index (χ1n) is 6.95. The van der Waals surface area contributed by atoms with E-state index in [4.69, 9.17) is 5.73 Å². The van der Waals surface area contributed by atoms with Gasteiger partial charge >= 0.3 is 0 Å². The summed E-state index contributed by atoms with van der Waals surface area (Å²) in [7, 11) is 2.17. The highest BCUT2D eigenvalue weighted by atomic mass is 32.2. The van der Waals surface area contributed by atoms with Crippen LogP contribution in [0.25, 0.3) is 0 Å². The molecule has 0 spiro atoms. The molecule has 0 radical (unpaired) electrons. The van der Waals surface area contributed by atoms with E-state index in [0.29, 0.717) is 18.6 Å². The average molecular weight is 284 g/mol. The summed E-state index contributed by atoms with van der Waals surface area (Å²) in [5.74, 6) is 1.19. The van der Waals surface area contributed by atoms with Crippen molar-refractivity contribution in [3.05, 3.63) is 18.2 Å². The van der Waals surface area contributed by atoms with Crippen LogP contribution in [0.2, 0.25) is 0 Å². The molecule has 0 bridgehead atoms. The molecule has 2 unspecified atom stereocenters. The van der Waals surface area contributed by atoms with Crippen molar-refractivity contribution < 1.29 is 0 Å². The molecule has 19 heavy (non-hydrogen) atoms. The van der Waals surface area contributed by atoms with E-state index in [0.717, 1.165) is 0 Å². The van der Waals surface area contributed by atoms with Crippen LogP contribution in [0.5, 0.6) is 0 Å². The van der Waals surface area contributed by atoms with Gasteiger partial charge in [-0.05, 0) is 46.2 Å². The fourth-order valence-corrected chi connectivity index (χ4v) is 2.88. The molecule has 5 heteroatoms. The molecule has 0 aliphatic carbocycles. The number of imidazole rings is 1. The van der Waals surface area contributed by atoms with Crippen molar-refractivity contribution in [3.8, 4) is 0 Å². The predicted octanol–water partition coefficient (Wildman–Crippen LogP) is 2.54. The van der Waals surface area contributed by atoms with Crippen LogP contribution in [0.1, 0.15) is 45.0 Å². The molecular formula is C14H28N4S. The first-order chi connectivity index (χ1) is 9.02. The van der Waals surface area contributed by atoms with Gasteiger partial charge in [0, 0.05) is 24.8 Å². The third-order valence-electron chi connectivity index (χ3n) is 3.74. The van der Waals surface area contributed by atoms with Gasteiger partial charge in [0.1, 0.15) is 0 Å². The number of rotatable bonds is 8. The summed E-state index contributed by atoms with van der Waals surface area (Å²) in [5, 5.41) is 0. The van der Waals surface area contributed by atoms with Crippen LogP contribution in [-0.4, -0.2) is 46.1 Å². The molecule has 2 atom stereocenters. The summed E-state index contributed by atoms with van der Waals surface area (Å²) in [6.07, 6.45) is 7.20. The number of aromatic nitrogens is 2. The van der Waals surface area contributed by atoms with Gasteiger partial charge in [0.2, 0.25) is 0 Å². The Labute approximate surface area is 121 Å². The summed E-state index contributed by atoms with van der Waals surface area (Å²) in [4.78, 5) is 6.67. The maximum absolute atomic E-state index is 6.01. The Bertz CT molecular complexity index is 364. The lowest BCUT2D eigenvalue weighted by molar-refractivity contribution is 0.177. The smallest absolute Gasteiger partial charge is 0.0951 e. The average Bonchev–Trinajstić information content (AvgIpc) is 2.86. The lowest BCUT2D eigenvalue weighted by Crippen LogP contribution is -2.38. The summed E-state index contributed by atoms with van der Waals surface area (Å²) in [6.45, 7) is 7.25. The van der Waals surface area contributed by atoms with E-state index in [1.165, 1.54) is 17.9 Å². The molecule has 1 aromatic rings. The Balaban J connectivity index is 2.84. The third kappa shape index (κ3) is 4.23. The second-order valence-electron chi connectivity index (χ2n) is 5.37. The van der Waals surface area contributed by atoms with Gasteiger partial charge in [-0.15, -0.1) is 0 Å². The summed E-state index contributed by atoms with van der Waals surface area (Å²) in [5.41, 5.74) is 7.23. The summed E-state index contributed by atoms with van der Waals surface area (Å²) < 4.78 is 2.22. The Kier molecular flexibility index (Phi) is 6.89. The molecule has 110 valence electrons. The Morgan fingerprint density at radius 1 is 1.42 bits per heavy atom. The third-order valence-corrected chi connectivity index (χ3v) is 4.39. The molecule has 1 heterocycles. The van der Waals surface area contributed by atoms with Gasteiger partial charge < -0.3 is 10.3 Å². The molecular weight excluding hydrogens is 256 g/mol. The highest BCUT2D eigenvalue weighted by molar-refractivity contribution is 7.98. The largest absolute Gasteiger partial charge is 0.331 e. The Hall–Kier alpha value is -0.520. The van der Waals surface area contributed by atoms with Gasteiger partial charge in [-0.2, -0.15) is 11.8 Å². The van der Waals surface area contributed by atoms with Crippen LogP contribution in [-0.2, 0) is 0 Å². The van der Waals surface area contributed by atoms with E-state index >= 15 is 0 Å². The molecule has 0 aliphatic heterocycles. The van der Waals surface area contributed by atoms with E-state index in [2.05, 4.69) is 48.5 Å². The maximum atomic E-state index is 6.01. The Morgan fingerprint density at radius 3 is 2.63 bits per heavy atom. The molecule has 2 N–H and O–H groups in total. The number of thioether (sulfide) groups is 1. The van der Waals surface area contributed by atoms with Gasteiger partial charge in [0.05, 0.1) is 18.1 Å². The standard InChI is InChI=1S/C14H28N4S/c1-11(2)18-10-16-9-14(18)13(8-15)17(4)12(3)6-7-19-5/h9-13H,6-8,15H2,1-5H3. The minimum atomic E-state index is 0.238. The van der Waals surface area contributed by atoms with Crippen LogP contribution < -0.4 is 5.73 Å². The zero-order chi connectivity index (χ0) is 14.4. The maximum Gasteiger partial charge on any atom is 0.0951 e. The van der Waals surface area contributed by atoms with Gasteiger partial charge in [0.15, 0.2) is 0 Å². The molecule has 0 aromatic carbocycles. The van der Waals surface area contributed by atoms with Crippen molar-refractivity contribution in [3.63, 3.8) is 0 Å². The van der Waals surface area contributed by atoms with Crippen molar-refractivity contribution in [2.45, 2.75) is 45.3 Å². The van der Waals surface area contributed by atoms with E-state index in [1.807, 2.05) is 24.3 Å². The lowest BCUT2D eigenvalue weighted by Gasteiger charge is -2.33. The fraction of sp³-hybridized carbons (Fsp3) is 0.786. The molecule has 1 rings (SSSR count). The minimum absolute atomic E-state index is 0.238. The van der Waals surface area contributed by atoms with Crippen LogP contribution in [0.4, 0.5) is 0 Å². The van der Waals surface area contributed by atoms with Crippen LogP contribution in [0.15, 0.2) is 12.5 Å². The van der Waals surface area contributed by atoms with Crippen molar-refractivity contribution in [1.29, 1.82) is 0 Å². The van der Waals surface area contributed by atoms with Crippen molar-refractivity contribution in [2.24, 2.45) is 5.73 Å². The minimum Gasteiger partial charge on any atom is -0.331 e. The van der Waals surface area contributed by atoms with Gasteiger partial charge in [0.25, 0.3) is 0 Å². The van der Waals surface area contributed by atoms with E-state index in [9.17, 15) is 0 Å². The first-order valence-corrected chi connectivity index (χ1v) is 8.34. The summed E-state index contributed by atoms with van der Waals surface area (Å²) >= 11 is 1.90. The molecule has 0 amide bonds. The topological polar surface area (TPSA) is 47.1 Å². The normalized spacial score (nSPS) is 15.2. The van der Waals surface area contributed by atoms with Crippen molar-refractivity contribution in [1.82, 2.24) is 14.5 Å². The van der Waals surface area contributed by atoms with Crippen LogP contribution >= 0.6 is 11.8 Å². The molecule has 1 aromatic heterocycles. The molecule has 0 saturated heterocycles. The van der Waals surface area contributed by atoms with Crippen LogP contribution in [0, 0.1) is 0 Å². The van der Waals surface area contributed by atoms with Gasteiger partial charge in [-0.3, -0.25) is 4.90 Å². The fourth-order valence-electron chi connectivity index (χ4n) is 2.30. The van der Waals surface area contributed by atoms with Gasteiger partial charge in [-0.1, -0.05) is 0 Å². The van der Waals surface area contributed by atoms with Crippen molar-refractivity contribution in [2.75, 3.05) is 25.6 Å². The molecule has 0 fully saturated rings. The molecule has 0 saturated carbocycles. The zero-order valence-corrected chi connectivity index (χ0v) is 13.7. The highest BCUT2D eigenvalue weighted by Crippen LogP contribution is 2.24. The quantitative estimate of drug-likeness (QED) is 0.797. The lowest BCUT2D eigenvalue weighted by atomic mass is 10.1. The number of nitrogens with zero attached hydrogens (tertiary/aromatic N) is 3. The molecule has 4 nitrogen and oxygen atoms in total. The molecule has 0 aliphatic rings. The van der Waals surface area contributed by atoms with Crippen molar-refractivity contribution >= 4 is 11.8 Å². The zero-order valence-electron chi connectivity index (χ0n) is 12.8. The number of hydrogen-bond acceptors (Lipinski definition) is 4. The number of nitrogens with two attached hydrogens (primary N) is 1. The SMILES string of the molecule is CSCCC(C)N(C)C(CN)c1cncn1C(C)C.